The maximum atomic E-state index is 14.8. The fourth-order valence-electron chi connectivity index (χ4n) is 5.50. The van der Waals surface area contributed by atoms with Crippen molar-refractivity contribution in [3.63, 3.8) is 0 Å². The highest BCUT2D eigenvalue weighted by Crippen LogP contribution is 2.32. The Morgan fingerprint density at radius 2 is 1.94 bits per heavy atom. The molecule has 2 heterocycles. The third-order valence-corrected chi connectivity index (χ3v) is 8.01. The van der Waals surface area contributed by atoms with Gasteiger partial charge in [0.05, 0.1) is 43.7 Å². The molecule has 10 nitrogen and oxygen atoms in total. The molecule has 14 heteroatoms. The summed E-state index contributed by atoms with van der Waals surface area (Å²) in [4.78, 5) is 25.0. The van der Waals surface area contributed by atoms with Crippen molar-refractivity contribution in [2.24, 2.45) is 0 Å². The fraction of sp³-hybridized carbons (Fsp3) is 0.412. The van der Waals surface area contributed by atoms with Crippen LogP contribution in [-0.2, 0) is 20.9 Å². The molecule has 3 unspecified atom stereocenters. The highest BCUT2D eigenvalue weighted by Gasteiger charge is 2.31. The molecule has 0 amide bonds. The number of aromatic nitrogens is 1. The van der Waals surface area contributed by atoms with E-state index in [0.717, 1.165) is 4.57 Å². The molecule has 0 bridgehead atoms. The van der Waals surface area contributed by atoms with Crippen molar-refractivity contribution in [3.05, 3.63) is 60.3 Å². The van der Waals surface area contributed by atoms with Gasteiger partial charge in [-0.3, -0.25) is 4.79 Å². The number of carboxylic acid groups (broad SMARTS) is 1. The average Bonchev–Trinajstić information content (AvgIpc) is 3.38. The number of hydrogen-bond acceptors (Lipinski definition) is 8. The maximum absolute atomic E-state index is 14.8. The first-order valence-electron chi connectivity index (χ1n) is 15.2. The number of carbonyl (C=O) groups excluding carboxylic acids is 1. The van der Waals surface area contributed by atoms with Crippen molar-refractivity contribution in [1.82, 2.24) is 14.8 Å². The molecule has 3 aromatic rings. The maximum Gasteiger partial charge on any atom is 0.406 e. The van der Waals surface area contributed by atoms with Crippen LogP contribution in [0.4, 0.5) is 28.9 Å². The molecule has 0 saturated carbocycles. The van der Waals surface area contributed by atoms with Crippen LogP contribution in [0, 0.1) is 11.8 Å². The number of nitrogens with one attached hydrogen (secondary N) is 3. The number of anilines is 2. The largest absolute Gasteiger partial charge is 0.495 e. The van der Waals surface area contributed by atoms with Crippen LogP contribution in [0.15, 0.2) is 49.0 Å². The molecular formula is C34H39F4N5O5. The van der Waals surface area contributed by atoms with E-state index in [2.05, 4.69) is 39.1 Å². The van der Waals surface area contributed by atoms with Crippen LogP contribution in [0.2, 0.25) is 0 Å². The summed E-state index contributed by atoms with van der Waals surface area (Å²) < 4.78 is 66.8. The second kappa shape index (κ2) is 15.8. The van der Waals surface area contributed by atoms with E-state index in [1.54, 1.807) is 42.5 Å². The standard InChI is InChI=1S/C34H39F4N5O5/c1-21(40-29(33(45)46)12-13-32(44)48-4)22-10-11-28(31(17-22)47-3)39-15-6-7-23-18-24-26(41-27-14-16-42(2)19-25(27)35)8-5-9-30(24)43(23)20-34(36,37)38/h5,8-11,17-18,25,27,29,39-41H,1,12-16,19-20H2,2-4H3,(H,45,46). The minimum Gasteiger partial charge on any atom is -0.495 e. The van der Waals surface area contributed by atoms with Crippen molar-refractivity contribution >= 4 is 39.9 Å². The third kappa shape index (κ3) is 9.34. The molecule has 0 aliphatic carbocycles. The van der Waals surface area contributed by atoms with Gasteiger partial charge >= 0.3 is 18.1 Å². The second-order valence-electron chi connectivity index (χ2n) is 11.5. The first-order chi connectivity index (χ1) is 22.8. The van der Waals surface area contributed by atoms with E-state index in [1.165, 1.54) is 14.2 Å². The molecule has 0 radical (unpaired) electrons. The second-order valence-corrected chi connectivity index (χ2v) is 11.5. The van der Waals surface area contributed by atoms with Crippen molar-refractivity contribution < 1.29 is 41.7 Å². The van der Waals surface area contributed by atoms with E-state index < -0.39 is 42.9 Å². The van der Waals surface area contributed by atoms with Crippen LogP contribution < -0.4 is 20.7 Å². The van der Waals surface area contributed by atoms with Gasteiger partial charge in [-0.15, -0.1) is 0 Å². The number of piperidine rings is 1. The van der Waals surface area contributed by atoms with Crippen LogP contribution in [0.25, 0.3) is 16.6 Å². The number of rotatable bonds is 13. The smallest absolute Gasteiger partial charge is 0.406 e. The molecule has 4 rings (SSSR count). The summed E-state index contributed by atoms with van der Waals surface area (Å²) in [6.07, 6.45) is -5.16. The number of carboxylic acids is 1. The molecule has 258 valence electrons. The van der Waals surface area contributed by atoms with Crippen molar-refractivity contribution in [2.45, 2.75) is 50.2 Å². The minimum atomic E-state index is -4.50. The molecule has 0 spiro atoms. The number of likely N-dealkylation sites (tertiary alicyclic amines) is 1. The van der Waals surface area contributed by atoms with Gasteiger partial charge in [0.25, 0.3) is 0 Å². The van der Waals surface area contributed by atoms with E-state index in [-0.39, 0.29) is 31.6 Å². The predicted octanol–water partition coefficient (Wildman–Crippen LogP) is 5.10. The van der Waals surface area contributed by atoms with E-state index >= 15 is 0 Å². The van der Waals surface area contributed by atoms with Crippen LogP contribution >= 0.6 is 0 Å². The molecule has 1 aliphatic heterocycles. The summed E-state index contributed by atoms with van der Waals surface area (Å²) in [5.74, 6) is 4.44. The van der Waals surface area contributed by atoms with E-state index in [0.29, 0.717) is 52.3 Å². The highest BCUT2D eigenvalue weighted by atomic mass is 19.4. The Hall–Kier alpha value is -4.90. The van der Waals surface area contributed by atoms with Crippen LogP contribution in [0.5, 0.6) is 5.75 Å². The number of esters is 1. The monoisotopic (exact) mass is 673 g/mol. The summed E-state index contributed by atoms with van der Waals surface area (Å²) in [6, 6.07) is 9.98. The Bertz CT molecular complexity index is 1700. The Morgan fingerprint density at radius 3 is 2.60 bits per heavy atom. The lowest BCUT2D eigenvalue weighted by Gasteiger charge is -2.33. The van der Waals surface area contributed by atoms with E-state index in [1.807, 2.05) is 11.9 Å². The number of carbonyl (C=O) groups is 2. The van der Waals surface area contributed by atoms with Gasteiger partial charge in [0, 0.05) is 41.8 Å². The van der Waals surface area contributed by atoms with Gasteiger partial charge in [-0.05, 0) is 56.1 Å². The minimum absolute atomic E-state index is 0.00731. The quantitative estimate of drug-likeness (QED) is 0.112. The molecule has 1 fully saturated rings. The Kier molecular flexibility index (Phi) is 11.8. The van der Waals surface area contributed by atoms with Gasteiger partial charge in [0.1, 0.15) is 24.5 Å². The van der Waals surface area contributed by atoms with Gasteiger partial charge in [-0.25, -0.2) is 9.18 Å². The summed E-state index contributed by atoms with van der Waals surface area (Å²) in [5, 5.41) is 19.2. The van der Waals surface area contributed by atoms with Crippen LogP contribution in [0.3, 0.4) is 0 Å². The zero-order chi connectivity index (χ0) is 35.0. The molecule has 1 aliphatic rings. The first kappa shape index (κ1) is 35.9. The molecule has 1 saturated heterocycles. The topological polar surface area (TPSA) is 117 Å². The Balaban J connectivity index is 1.50. The lowest BCUT2D eigenvalue weighted by atomic mass is 10.0. The van der Waals surface area contributed by atoms with Gasteiger partial charge in [0.2, 0.25) is 0 Å². The first-order valence-corrected chi connectivity index (χ1v) is 15.2. The van der Waals surface area contributed by atoms with Crippen LogP contribution in [-0.4, -0.2) is 91.8 Å². The molecule has 48 heavy (non-hydrogen) atoms. The summed E-state index contributed by atoms with van der Waals surface area (Å²) >= 11 is 0. The number of ether oxygens (including phenoxy) is 2. The SMILES string of the molecule is C=C(NC(CCC(=O)OC)C(=O)O)c1ccc(NCC#Cc2cc3c(NC4CCN(C)CC4F)cccc3n2CC(F)(F)F)c(OC)c1. The van der Waals surface area contributed by atoms with Crippen molar-refractivity contribution in [1.29, 1.82) is 0 Å². The number of methoxy groups -OCH3 is 2. The van der Waals surface area contributed by atoms with Gasteiger partial charge < -0.3 is 40.0 Å². The summed E-state index contributed by atoms with van der Waals surface area (Å²) in [6.45, 7) is 3.70. The molecule has 2 aromatic carbocycles. The lowest BCUT2D eigenvalue weighted by molar-refractivity contribution is -0.142. The van der Waals surface area contributed by atoms with Gasteiger partial charge in [-0.2, -0.15) is 13.2 Å². The number of halogens is 4. The summed E-state index contributed by atoms with van der Waals surface area (Å²) in [5.41, 5.74) is 2.40. The van der Waals surface area contributed by atoms with E-state index in [4.69, 9.17) is 4.74 Å². The van der Waals surface area contributed by atoms with Gasteiger partial charge in [-0.1, -0.05) is 24.6 Å². The summed E-state index contributed by atoms with van der Waals surface area (Å²) in [7, 11) is 4.51. The normalized spacial score (nSPS) is 17.1. The highest BCUT2D eigenvalue weighted by molar-refractivity contribution is 5.94. The number of nitrogens with zero attached hydrogens (tertiary/aromatic N) is 2. The zero-order valence-electron chi connectivity index (χ0n) is 26.9. The number of aliphatic carboxylic acids is 1. The fourth-order valence-corrected chi connectivity index (χ4v) is 5.50. The molecular weight excluding hydrogens is 634 g/mol. The lowest BCUT2D eigenvalue weighted by Crippen LogP contribution is -2.46. The predicted molar refractivity (Wildman–Crippen MR) is 176 cm³/mol. The molecule has 3 atom stereocenters. The molecule has 1 aromatic heterocycles. The Morgan fingerprint density at radius 1 is 1.17 bits per heavy atom. The third-order valence-electron chi connectivity index (χ3n) is 8.01. The van der Waals surface area contributed by atoms with Crippen molar-refractivity contribution in [3.8, 4) is 17.6 Å². The zero-order valence-corrected chi connectivity index (χ0v) is 26.9. The number of benzene rings is 2. The van der Waals surface area contributed by atoms with Crippen LogP contribution in [0.1, 0.15) is 30.5 Å². The average molecular weight is 674 g/mol. The number of hydrogen-bond donors (Lipinski definition) is 4. The number of alkyl halides is 4. The van der Waals surface area contributed by atoms with E-state index in [9.17, 15) is 32.3 Å². The van der Waals surface area contributed by atoms with Gasteiger partial charge in [0.15, 0.2) is 0 Å². The molecule has 4 N–H and O–H groups in total. The Labute approximate surface area is 276 Å². The van der Waals surface area contributed by atoms with Crippen molar-refractivity contribution in [2.75, 3.05) is 51.5 Å². The number of fused-ring (bicyclic) bond motifs is 1.